The van der Waals surface area contributed by atoms with Gasteiger partial charge in [0.05, 0.1) is 0 Å². The van der Waals surface area contributed by atoms with Crippen LogP contribution in [0.5, 0.6) is 0 Å². The van der Waals surface area contributed by atoms with Gasteiger partial charge in [-0.2, -0.15) is 0 Å². The summed E-state index contributed by atoms with van der Waals surface area (Å²) in [5.74, 6) is 0. The van der Waals surface area contributed by atoms with E-state index in [9.17, 15) is 0 Å². The van der Waals surface area contributed by atoms with Crippen LogP contribution in [0.4, 0.5) is 0 Å². The van der Waals surface area contributed by atoms with Crippen molar-refractivity contribution in [3.63, 3.8) is 0 Å². The average Bonchev–Trinajstić information content (AvgIpc) is 1.80. The average molecular weight is 158 g/mol. The molecule has 2 heteroatoms. The second-order valence-corrected chi connectivity index (χ2v) is 4.17. The first-order valence-corrected chi connectivity index (χ1v) is 4.47. The molecule has 0 saturated carbocycles. The first kappa shape index (κ1) is 9.92. The maximum atomic E-state index is 5.09. The van der Waals surface area contributed by atoms with Crippen molar-refractivity contribution in [1.82, 2.24) is 0 Å². The van der Waals surface area contributed by atoms with Crippen LogP contribution < -0.4 is 0 Å². The van der Waals surface area contributed by atoms with E-state index in [1.165, 1.54) is 5.57 Å². The van der Waals surface area contributed by atoms with Crippen molar-refractivity contribution in [3.05, 3.63) is 12.2 Å². The summed E-state index contributed by atoms with van der Waals surface area (Å²) in [7, 11) is 0.840. The molecule has 0 fully saturated rings. The Kier molecular flexibility index (Phi) is 3.90. The minimum atomic E-state index is 0.250. The Morgan fingerprint density at radius 2 is 2.00 bits per heavy atom. The van der Waals surface area contributed by atoms with Crippen LogP contribution in [0, 0.1) is 5.41 Å². The van der Waals surface area contributed by atoms with Gasteiger partial charge in [-0.3, -0.25) is 0 Å². The van der Waals surface area contributed by atoms with E-state index >= 15 is 0 Å². The number of hydrogen-bond donors (Lipinski definition) is 0. The highest BCUT2D eigenvalue weighted by atomic mass is 28.2. The second kappa shape index (κ2) is 3.94. The Labute approximate surface area is 67.0 Å². The number of hydrogen-bond acceptors (Lipinski definition) is 1. The lowest BCUT2D eigenvalue weighted by Gasteiger charge is -2.21. The van der Waals surface area contributed by atoms with Gasteiger partial charge < -0.3 is 4.43 Å². The Balaban J connectivity index is 3.64. The van der Waals surface area contributed by atoms with Crippen LogP contribution in [0.25, 0.3) is 0 Å². The van der Waals surface area contributed by atoms with Gasteiger partial charge in [0.1, 0.15) is 10.5 Å². The Hall–Kier alpha value is -0.0831. The summed E-state index contributed by atoms with van der Waals surface area (Å²) < 4.78 is 5.09. The van der Waals surface area contributed by atoms with Crippen molar-refractivity contribution in [1.29, 1.82) is 0 Å². The largest absolute Gasteiger partial charge is 0.428 e. The van der Waals surface area contributed by atoms with E-state index in [0.717, 1.165) is 23.5 Å². The highest BCUT2D eigenvalue weighted by Crippen LogP contribution is 2.25. The maximum absolute atomic E-state index is 5.09. The predicted octanol–water partition coefficient (Wildman–Crippen LogP) is 1.28. The molecule has 60 valence electrons. The van der Waals surface area contributed by atoms with Crippen LogP contribution in [-0.2, 0) is 4.43 Å². The van der Waals surface area contributed by atoms with Crippen LogP contribution in [0.3, 0.4) is 0 Å². The zero-order chi connectivity index (χ0) is 8.20. The smallest absolute Gasteiger partial charge is 0.145 e. The Bertz CT molecular complexity index is 113. The number of rotatable bonds is 3. The minimum Gasteiger partial charge on any atom is -0.428 e. The van der Waals surface area contributed by atoms with Gasteiger partial charge in [0.25, 0.3) is 0 Å². The molecule has 0 rings (SSSR count). The van der Waals surface area contributed by atoms with Crippen molar-refractivity contribution >= 4 is 10.5 Å². The minimum absolute atomic E-state index is 0.250. The molecule has 0 aliphatic rings. The molecular formula is C8H18OSi. The van der Waals surface area contributed by atoms with Crippen LogP contribution in [-0.4, -0.2) is 17.1 Å². The lowest BCUT2D eigenvalue weighted by atomic mass is 9.86. The van der Waals surface area contributed by atoms with E-state index < -0.39 is 0 Å². The van der Waals surface area contributed by atoms with Gasteiger partial charge in [-0.15, -0.1) is 0 Å². The third-order valence-corrected chi connectivity index (χ3v) is 2.08. The van der Waals surface area contributed by atoms with Gasteiger partial charge in [0.15, 0.2) is 0 Å². The van der Waals surface area contributed by atoms with Crippen molar-refractivity contribution in [2.75, 3.05) is 6.61 Å². The summed E-state index contributed by atoms with van der Waals surface area (Å²) >= 11 is 0. The van der Waals surface area contributed by atoms with Gasteiger partial charge in [0, 0.05) is 6.61 Å². The highest BCUT2D eigenvalue weighted by molar-refractivity contribution is 5.97. The molecule has 0 amide bonds. The lowest BCUT2D eigenvalue weighted by molar-refractivity contribution is 0.336. The first-order chi connectivity index (χ1) is 4.48. The standard InChI is InChI=1S/C8H18OSi/c1-7(5-6-9-10)8(2,3)4/h1,5-6H2,2-4,10H3. The zero-order valence-corrected chi connectivity index (χ0v) is 9.53. The van der Waals surface area contributed by atoms with Crippen LogP contribution in [0.2, 0.25) is 0 Å². The van der Waals surface area contributed by atoms with Gasteiger partial charge >= 0.3 is 0 Å². The summed E-state index contributed by atoms with van der Waals surface area (Å²) in [5.41, 5.74) is 1.53. The van der Waals surface area contributed by atoms with Crippen molar-refractivity contribution in [2.45, 2.75) is 27.2 Å². The molecule has 0 aromatic heterocycles. The topological polar surface area (TPSA) is 9.23 Å². The molecule has 0 atom stereocenters. The van der Waals surface area contributed by atoms with E-state index in [2.05, 4.69) is 27.4 Å². The molecule has 10 heavy (non-hydrogen) atoms. The molecular weight excluding hydrogens is 140 g/mol. The predicted molar refractivity (Wildman–Crippen MR) is 49.1 cm³/mol. The quantitative estimate of drug-likeness (QED) is 0.444. The van der Waals surface area contributed by atoms with E-state index in [0.29, 0.717) is 0 Å². The molecule has 0 radical (unpaired) electrons. The third-order valence-electron chi connectivity index (χ3n) is 1.67. The summed E-state index contributed by atoms with van der Waals surface area (Å²) in [6.45, 7) is 11.4. The summed E-state index contributed by atoms with van der Waals surface area (Å²) in [6.07, 6.45) is 1.01. The molecule has 0 aliphatic heterocycles. The first-order valence-electron chi connectivity index (χ1n) is 3.65. The second-order valence-electron chi connectivity index (χ2n) is 3.60. The van der Waals surface area contributed by atoms with Crippen LogP contribution in [0.15, 0.2) is 12.2 Å². The summed E-state index contributed by atoms with van der Waals surface area (Å²) in [6, 6.07) is 0. The molecule has 0 bridgehead atoms. The van der Waals surface area contributed by atoms with E-state index in [-0.39, 0.29) is 5.41 Å². The molecule has 0 spiro atoms. The van der Waals surface area contributed by atoms with Crippen molar-refractivity contribution in [2.24, 2.45) is 5.41 Å². The van der Waals surface area contributed by atoms with E-state index in [1.807, 2.05) is 0 Å². The van der Waals surface area contributed by atoms with Crippen molar-refractivity contribution in [3.8, 4) is 0 Å². The molecule has 0 saturated heterocycles. The fourth-order valence-corrected chi connectivity index (χ4v) is 0.804. The molecule has 0 aromatic carbocycles. The van der Waals surface area contributed by atoms with Gasteiger partial charge in [-0.25, -0.2) is 0 Å². The van der Waals surface area contributed by atoms with Gasteiger partial charge in [-0.05, 0) is 11.8 Å². The molecule has 0 N–H and O–H groups in total. The molecule has 0 aliphatic carbocycles. The maximum Gasteiger partial charge on any atom is 0.145 e. The van der Waals surface area contributed by atoms with Crippen molar-refractivity contribution < 1.29 is 4.43 Å². The van der Waals surface area contributed by atoms with Crippen LogP contribution >= 0.6 is 0 Å². The monoisotopic (exact) mass is 158 g/mol. The Morgan fingerprint density at radius 3 is 2.30 bits per heavy atom. The van der Waals surface area contributed by atoms with E-state index in [1.54, 1.807) is 0 Å². The Morgan fingerprint density at radius 1 is 1.50 bits per heavy atom. The SMILES string of the molecule is C=C(CCO[SiH3])C(C)(C)C. The summed E-state index contributed by atoms with van der Waals surface area (Å²) in [5, 5.41) is 0. The van der Waals surface area contributed by atoms with E-state index in [4.69, 9.17) is 4.43 Å². The highest BCUT2D eigenvalue weighted by Gasteiger charge is 2.13. The fourth-order valence-electron chi connectivity index (χ4n) is 0.600. The zero-order valence-electron chi connectivity index (χ0n) is 7.53. The van der Waals surface area contributed by atoms with Gasteiger partial charge in [0.2, 0.25) is 0 Å². The third kappa shape index (κ3) is 3.85. The normalized spacial score (nSPS) is 11.9. The lowest BCUT2D eigenvalue weighted by Crippen LogP contribution is -2.10. The molecule has 0 heterocycles. The fraction of sp³-hybridized carbons (Fsp3) is 0.750. The summed E-state index contributed by atoms with van der Waals surface area (Å²) in [4.78, 5) is 0. The van der Waals surface area contributed by atoms with Crippen LogP contribution in [0.1, 0.15) is 27.2 Å². The molecule has 1 nitrogen and oxygen atoms in total. The van der Waals surface area contributed by atoms with Gasteiger partial charge in [-0.1, -0.05) is 32.9 Å². The molecule has 0 aromatic rings. The molecule has 0 unspecified atom stereocenters.